The Bertz CT molecular complexity index is 1050. The maximum atomic E-state index is 12.6. The van der Waals surface area contributed by atoms with Crippen LogP contribution in [0.1, 0.15) is 206 Å². The van der Waals surface area contributed by atoms with Gasteiger partial charge in [0.1, 0.15) is 12.1 Å². The van der Waals surface area contributed by atoms with E-state index in [2.05, 4.69) is 50.3 Å². The summed E-state index contributed by atoms with van der Waals surface area (Å²) in [6.07, 6.45) is 47.6. The number of hydrogen-bond acceptors (Lipinski definition) is 8. The average Bonchev–Trinajstić information content (AvgIpc) is 3.19. The monoisotopic (exact) mass is 828 g/mol. The van der Waals surface area contributed by atoms with Crippen LogP contribution >= 0.6 is 7.82 Å². The number of carboxylic acid groups (broad SMARTS) is 1. The van der Waals surface area contributed by atoms with Crippen LogP contribution in [0, 0.1) is 0 Å². The highest BCUT2D eigenvalue weighted by atomic mass is 31.2. The van der Waals surface area contributed by atoms with Gasteiger partial charge in [-0.2, -0.15) is 0 Å². The minimum atomic E-state index is -4.62. The zero-order valence-corrected chi connectivity index (χ0v) is 37.3. The van der Waals surface area contributed by atoms with Crippen molar-refractivity contribution in [1.82, 2.24) is 0 Å². The number of carboxylic acids is 1. The first-order valence-electron chi connectivity index (χ1n) is 23.0. The molecule has 0 aliphatic heterocycles. The van der Waals surface area contributed by atoms with Gasteiger partial charge in [-0.05, 0) is 51.4 Å². The third-order valence-corrected chi connectivity index (χ3v) is 10.9. The Labute approximate surface area is 348 Å². The van der Waals surface area contributed by atoms with Crippen molar-refractivity contribution < 1.29 is 42.7 Å². The highest BCUT2D eigenvalue weighted by Crippen LogP contribution is 2.43. The van der Waals surface area contributed by atoms with Crippen LogP contribution in [0.5, 0.6) is 0 Å². The van der Waals surface area contributed by atoms with Crippen LogP contribution < -0.4 is 5.73 Å². The summed E-state index contributed by atoms with van der Waals surface area (Å²) in [5, 5.41) is 8.90. The first kappa shape index (κ1) is 55.2. The number of ether oxygens (including phenoxy) is 2. The number of rotatable bonds is 44. The number of unbranched alkanes of at least 4 members (excludes halogenated alkanes) is 24. The van der Waals surface area contributed by atoms with Gasteiger partial charge < -0.3 is 25.2 Å². The van der Waals surface area contributed by atoms with Crippen molar-refractivity contribution in [3.05, 3.63) is 36.5 Å². The van der Waals surface area contributed by atoms with Crippen LogP contribution in [-0.4, -0.2) is 60.5 Å². The molecule has 0 aromatic rings. The molecule has 0 aliphatic rings. The highest BCUT2D eigenvalue weighted by Gasteiger charge is 2.27. The highest BCUT2D eigenvalue weighted by molar-refractivity contribution is 7.47. The molecule has 4 N–H and O–H groups in total. The average molecular weight is 828 g/mol. The van der Waals surface area contributed by atoms with Crippen LogP contribution in [0.3, 0.4) is 0 Å². The Balaban J connectivity index is 4.23. The van der Waals surface area contributed by atoms with Gasteiger partial charge in [0.15, 0.2) is 0 Å². The number of allylic oxidation sites excluding steroid dienone is 6. The summed E-state index contributed by atoms with van der Waals surface area (Å²) in [6, 6.07) is -1.48. The van der Waals surface area contributed by atoms with Gasteiger partial charge in [0.05, 0.1) is 19.8 Å². The molecule has 0 saturated heterocycles. The van der Waals surface area contributed by atoms with Gasteiger partial charge in [-0.3, -0.25) is 18.6 Å². The van der Waals surface area contributed by atoms with Crippen molar-refractivity contribution in [2.75, 3.05) is 26.4 Å². The van der Waals surface area contributed by atoms with Gasteiger partial charge in [-0.15, -0.1) is 0 Å². The molecule has 0 aromatic heterocycles. The van der Waals surface area contributed by atoms with Crippen LogP contribution in [0.25, 0.3) is 0 Å². The Kier molecular flexibility index (Phi) is 41.0. The second-order valence-electron chi connectivity index (χ2n) is 15.5. The Morgan fingerprint density at radius 3 is 1.47 bits per heavy atom. The summed E-state index contributed by atoms with van der Waals surface area (Å²) in [6.45, 7) is 3.85. The fourth-order valence-electron chi connectivity index (χ4n) is 6.32. The molecule has 334 valence electrons. The third kappa shape index (κ3) is 42.1. The Morgan fingerprint density at radius 2 is 0.965 bits per heavy atom. The molecule has 0 saturated carbocycles. The van der Waals surface area contributed by atoms with Crippen LogP contribution in [-0.2, 0) is 32.7 Å². The summed E-state index contributed by atoms with van der Waals surface area (Å²) < 4.78 is 33.4. The quantitative estimate of drug-likeness (QED) is 0.0234. The summed E-state index contributed by atoms with van der Waals surface area (Å²) in [4.78, 5) is 33.6. The fourth-order valence-corrected chi connectivity index (χ4v) is 7.10. The van der Waals surface area contributed by atoms with E-state index in [1.54, 1.807) is 0 Å². The van der Waals surface area contributed by atoms with Gasteiger partial charge in [0.25, 0.3) is 0 Å². The number of carbonyl (C=O) groups is 2. The summed E-state index contributed by atoms with van der Waals surface area (Å²) in [5.74, 6) is -1.80. The molecular weight excluding hydrogens is 741 g/mol. The number of carbonyl (C=O) groups excluding carboxylic acids is 1. The van der Waals surface area contributed by atoms with Crippen LogP contribution in [0.2, 0.25) is 0 Å². The van der Waals surface area contributed by atoms with E-state index in [-0.39, 0.29) is 13.0 Å². The normalized spacial score (nSPS) is 14.2. The van der Waals surface area contributed by atoms with E-state index >= 15 is 0 Å². The molecule has 10 nitrogen and oxygen atoms in total. The zero-order valence-electron chi connectivity index (χ0n) is 36.4. The van der Waals surface area contributed by atoms with Crippen molar-refractivity contribution >= 4 is 19.8 Å². The molecule has 11 heteroatoms. The third-order valence-electron chi connectivity index (χ3n) is 9.92. The van der Waals surface area contributed by atoms with E-state index in [1.165, 1.54) is 122 Å². The van der Waals surface area contributed by atoms with Crippen molar-refractivity contribution in [2.45, 2.75) is 219 Å². The maximum absolute atomic E-state index is 12.6. The van der Waals surface area contributed by atoms with E-state index in [1.807, 2.05) is 0 Å². The topological polar surface area (TPSA) is 155 Å². The van der Waals surface area contributed by atoms with Crippen LogP contribution in [0.15, 0.2) is 36.5 Å². The molecule has 0 amide bonds. The molecular formula is C46H86NO9P. The van der Waals surface area contributed by atoms with E-state index in [9.17, 15) is 19.0 Å². The molecule has 0 radical (unpaired) electrons. The SMILES string of the molecule is CCCCC/C=C\C/C=C\C/C=C\CCCCCCC(=O)O[C@H](COCCCCCCCCCCCCCCCCCCCC)COP(=O)(O)OC[C@H](N)C(=O)O. The number of nitrogens with two attached hydrogens (primary N) is 1. The lowest BCUT2D eigenvalue weighted by Crippen LogP contribution is -2.34. The smallest absolute Gasteiger partial charge is 0.472 e. The number of hydrogen-bond donors (Lipinski definition) is 3. The van der Waals surface area contributed by atoms with E-state index in [0.29, 0.717) is 13.0 Å². The molecule has 57 heavy (non-hydrogen) atoms. The summed E-state index contributed by atoms with van der Waals surface area (Å²) in [7, 11) is -4.62. The lowest BCUT2D eigenvalue weighted by molar-refractivity contribution is -0.154. The largest absolute Gasteiger partial charge is 0.480 e. The number of esters is 1. The van der Waals surface area contributed by atoms with Gasteiger partial charge in [0.2, 0.25) is 0 Å². The first-order chi connectivity index (χ1) is 27.7. The predicted octanol–water partition coefficient (Wildman–Crippen LogP) is 12.9. The molecule has 0 spiro atoms. The lowest BCUT2D eigenvalue weighted by atomic mass is 10.0. The van der Waals surface area contributed by atoms with Gasteiger partial charge in [0, 0.05) is 13.0 Å². The Hall–Kier alpha value is -1.81. The first-order valence-corrected chi connectivity index (χ1v) is 24.5. The summed E-state index contributed by atoms with van der Waals surface area (Å²) >= 11 is 0. The Morgan fingerprint density at radius 1 is 0.561 bits per heavy atom. The lowest BCUT2D eigenvalue weighted by Gasteiger charge is -2.20. The minimum absolute atomic E-state index is 0.0105. The molecule has 0 bridgehead atoms. The van der Waals surface area contributed by atoms with Crippen molar-refractivity contribution in [3.63, 3.8) is 0 Å². The van der Waals surface area contributed by atoms with E-state index in [4.69, 9.17) is 29.4 Å². The maximum Gasteiger partial charge on any atom is 0.472 e. The number of phosphoric ester groups is 1. The molecule has 0 aliphatic carbocycles. The van der Waals surface area contributed by atoms with Crippen molar-refractivity contribution in [2.24, 2.45) is 5.73 Å². The zero-order chi connectivity index (χ0) is 41.9. The van der Waals surface area contributed by atoms with Gasteiger partial charge >= 0.3 is 19.8 Å². The van der Waals surface area contributed by atoms with Crippen LogP contribution in [0.4, 0.5) is 0 Å². The van der Waals surface area contributed by atoms with Gasteiger partial charge in [-0.25, -0.2) is 4.57 Å². The minimum Gasteiger partial charge on any atom is -0.480 e. The molecule has 0 rings (SSSR count). The van der Waals surface area contributed by atoms with Crippen molar-refractivity contribution in [3.8, 4) is 0 Å². The molecule has 3 atom stereocenters. The molecule has 0 fully saturated rings. The number of phosphoric acid groups is 1. The summed E-state index contributed by atoms with van der Waals surface area (Å²) in [5.41, 5.74) is 5.36. The molecule has 0 aromatic carbocycles. The van der Waals surface area contributed by atoms with Crippen molar-refractivity contribution in [1.29, 1.82) is 0 Å². The second kappa shape index (κ2) is 42.3. The second-order valence-corrected chi connectivity index (χ2v) is 17.0. The van der Waals surface area contributed by atoms with Gasteiger partial charge in [-0.1, -0.05) is 185 Å². The van der Waals surface area contributed by atoms with E-state index in [0.717, 1.165) is 57.8 Å². The molecule has 1 unspecified atom stereocenters. The van der Waals surface area contributed by atoms with E-state index < -0.39 is 45.1 Å². The predicted molar refractivity (Wildman–Crippen MR) is 235 cm³/mol. The number of aliphatic carboxylic acids is 1. The molecule has 0 heterocycles. The fraction of sp³-hybridized carbons (Fsp3) is 0.826. The standard InChI is InChI=1S/C46H86NO9P/c1-3-5-7-9-11-13-15-17-19-21-23-25-27-29-31-33-35-37-39-53-40-43(41-54-57(51,52)55-42-44(47)46(49)50)56-45(48)38-36-34-32-30-28-26-24-22-20-18-16-14-12-10-8-6-4-2/h12,14,18,20,24,26,43-44H,3-11,13,15-17,19,21-23,25,27-42,47H2,1-2H3,(H,49,50)(H,51,52)/b14-12-,20-18-,26-24-/t43-,44+/m1/s1.